The first-order valence-electron chi connectivity index (χ1n) is 8.17. The lowest BCUT2D eigenvalue weighted by Gasteiger charge is -2.24. The number of carbonyl (C=O) groups is 1. The molecule has 0 radical (unpaired) electrons. The summed E-state index contributed by atoms with van der Waals surface area (Å²) in [6.45, 7) is 7.35. The normalized spacial score (nSPS) is 19.2. The highest BCUT2D eigenvalue weighted by Crippen LogP contribution is 2.31. The Morgan fingerprint density at radius 2 is 2.00 bits per heavy atom. The van der Waals surface area contributed by atoms with Crippen molar-refractivity contribution < 1.29 is 4.79 Å². The van der Waals surface area contributed by atoms with Gasteiger partial charge in [-0.3, -0.25) is 4.79 Å². The van der Waals surface area contributed by atoms with Crippen molar-refractivity contribution in [2.45, 2.75) is 39.5 Å². The Hall–Kier alpha value is -1.36. The number of nitrogens with zero attached hydrogens (tertiary/aromatic N) is 4. The highest BCUT2D eigenvalue weighted by molar-refractivity contribution is 6.30. The zero-order chi connectivity index (χ0) is 15.7. The third-order valence-electron chi connectivity index (χ3n) is 4.46. The SMILES string of the molecule is CCc1nc(Cl)c(C)c(N2CCCN(C(=O)C3CC3)CC2)n1. The van der Waals surface area contributed by atoms with E-state index < -0.39 is 0 Å². The Labute approximate surface area is 136 Å². The molecule has 0 atom stereocenters. The third kappa shape index (κ3) is 3.19. The second kappa shape index (κ2) is 6.41. The molecule has 5 nitrogen and oxygen atoms in total. The van der Waals surface area contributed by atoms with Crippen molar-refractivity contribution in [1.29, 1.82) is 0 Å². The van der Waals surface area contributed by atoms with Gasteiger partial charge in [-0.1, -0.05) is 18.5 Å². The van der Waals surface area contributed by atoms with Crippen molar-refractivity contribution in [3.05, 3.63) is 16.5 Å². The molecule has 1 aliphatic heterocycles. The number of hydrogen-bond donors (Lipinski definition) is 0. The molecule has 3 rings (SSSR count). The van der Waals surface area contributed by atoms with E-state index in [1.54, 1.807) is 0 Å². The number of anilines is 1. The van der Waals surface area contributed by atoms with E-state index in [-0.39, 0.29) is 0 Å². The lowest BCUT2D eigenvalue weighted by molar-refractivity contribution is -0.132. The van der Waals surface area contributed by atoms with Crippen molar-refractivity contribution in [2.75, 3.05) is 31.1 Å². The van der Waals surface area contributed by atoms with E-state index >= 15 is 0 Å². The highest BCUT2D eigenvalue weighted by atomic mass is 35.5. The van der Waals surface area contributed by atoms with Crippen LogP contribution in [0.1, 0.15) is 37.6 Å². The van der Waals surface area contributed by atoms with Gasteiger partial charge in [0.1, 0.15) is 16.8 Å². The third-order valence-corrected chi connectivity index (χ3v) is 4.82. The van der Waals surface area contributed by atoms with E-state index in [1.165, 1.54) is 0 Å². The van der Waals surface area contributed by atoms with Gasteiger partial charge in [0.15, 0.2) is 0 Å². The zero-order valence-corrected chi connectivity index (χ0v) is 14.1. The Balaban J connectivity index is 1.75. The quantitative estimate of drug-likeness (QED) is 0.802. The molecule has 2 heterocycles. The molecule has 120 valence electrons. The van der Waals surface area contributed by atoms with E-state index in [9.17, 15) is 4.79 Å². The number of aromatic nitrogens is 2. The standard InChI is InChI=1S/C16H23ClN4O/c1-3-13-18-14(17)11(2)15(19-13)20-7-4-8-21(10-9-20)16(22)12-5-6-12/h12H,3-10H2,1-2H3. The Morgan fingerprint density at radius 3 is 2.68 bits per heavy atom. The molecule has 2 fully saturated rings. The molecule has 1 aliphatic carbocycles. The number of hydrogen-bond acceptors (Lipinski definition) is 4. The number of halogens is 1. The van der Waals surface area contributed by atoms with E-state index in [0.717, 1.165) is 69.1 Å². The molecule has 1 amide bonds. The van der Waals surface area contributed by atoms with Gasteiger partial charge in [0.25, 0.3) is 0 Å². The van der Waals surface area contributed by atoms with Crippen LogP contribution in [0.15, 0.2) is 0 Å². The molecule has 0 spiro atoms. The van der Waals surface area contributed by atoms with Crippen LogP contribution >= 0.6 is 11.6 Å². The molecule has 1 aromatic rings. The Kier molecular flexibility index (Phi) is 4.52. The smallest absolute Gasteiger partial charge is 0.225 e. The van der Waals surface area contributed by atoms with Crippen molar-refractivity contribution in [3.63, 3.8) is 0 Å². The maximum atomic E-state index is 12.2. The van der Waals surface area contributed by atoms with Crippen LogP contribution in [-0.2, 0) is 11.2 Å². The minimum absolute atomic E-state index is 0.300. The van der Waals surface area contributed by atoms with Crippen LogP contribution in [0.3, 0.4) is 0 Å². The first-order chi connectivity index (χ1) is 10.6. The second-order valence-electron chi connectivity index (χ2n) is 6.17. The number of aryl methyl sites for hydroxylation is 1. The van der Waals surface area contributed by atoms with Gasteiger partial charge >= 0.3 is 0 Å². The summed E-state index contributed by atoms with van der Waals surface area (Å²) >= 11 is 6.24. The van der Waals surface area contributed by atoms with Crippen molar-refractivity contribution >= 4 is 23.3 Å². The summed E-state index contributed by atoms with van der Waals surface area (Å²) in [6, 6.07) is 0. The summed E-state index contributed by atoms with van der Waals surface area (Å²) in [7, 11) is 0. The fraction of sp³-hybridized carbons (Fsp3) is 0.688. The van der Waals surface area contributed by atoms with Gasteiger partial charge in [0.2, 0.25) is 5.91 Å². The van der Waals surface area contributed by atoms with Crippen molar-refractivity contribution in [3.8, 4) is 0 Å². The van der Waals surface area contributed by atoms with Gasteiger partial charge in [-0.15, -0.1) is 0 Å². The summed E-state index contributed by atoms with van der Waals surface area (Å²) in [5, 5.41) is 0.539. The maximum Gasteiger partial charge on any atom is 0.225 e. The van der Waals surface area contributed by atoms with Crippen LogP contribution in [0.4, 0.5) is 5.82 Å². The average Bonchev–Trinajstić information content (AvgIpc) is 3.35. The highest BCUT2D eigenvalue weighted by Gasteiger charge is 2.34. The largest absolute Gasteiger partial charge is 0.354 e. The van der Waals surface area contributed by atoms with Gasteiger partial charge in [-0.25, -0.2) is 9.97 Å². The maximum absolute atomic E-state index is 12.2. The Bertz CT molecular complexity index is 574. The monoisotopic (exact) mass is 322 g/mol. The summed E-state index contributed by atoms with van der Waals surface area (Å²) < 4.78 is 0. The van der Waals surface area contributed by atoms with Gasteiger partial charge in [0.05, 0.1) is 0 Å². The molecule has 0 unspecified atom stereocenters. The number of amides is 1. The lowest BCUT2D eigenvalue weighted by atomic mass is 10.3. The van der Waals surface area contributed by atoms with Crippen molar-refractivity contribution in [2.24, 2.45) is 5.92 Å². The Morgan fingerprint density at radius 1 is 1.23 bits per heavy atom. The molecule has 1 aromatic heterocycles. The zero-order valence-electron chi connectivity index (χ0n) is 13.3. The second-order valence-corrected chi connectivity index (χ2v) is 6.53. The fourth-order valence-corrected chi connectivity index (χ4v) is 3.11. The summed E-state index contributed by atoms with van der Waals surface area (Å²) in [6.07, 6.45) is 3.88. The van der Waals surface area contributed by atoms with Crippen LogP contribution in [0.5, 0.6) is 0 Å². The van der Waals surface area contributed by atoms with Crippen LogP contribution < -0.4 is 4.90 Å². The fourth-order valence-electron chi connectivity index (χ4n) is 2.92. The van der Waals surface area contributed by atoms with E-state index in [0.29, 0.717) is 17.0 Å². The topological polar surface area (TPSA) is 49.3 Å². The van der Waals surface area contributed by atoms with Crippen LogP contribution in [-0.4, -0.2) is 47.0 Å². The van der Waals surface area contributed by atoms with Gasteiger partial charge in [0, 0.05) is 44.1 Å². The molecular formula is C16H23ClN4O. The van der Waals surface area contributed by atoms with Crippen LogP contribution in [0.25, 0.3) is 0 Å². The molecule has 1 saturated heterocycles. The summed E-state index contributed by atoms with van der Waals surface area (Å²) in [5.41, 5.74) is 0.931. The molecule has 6 heteroatoms. The molecule has 1 saturated carbocycles. The molecule has 0 N–H and O–H groups in total. The van der Waals surface area contributed by atoms with Gasteiger partial charge in [-0.05, 0) is 26.2 Å². The molecule has 22 heavy (non-hydrogen) atoms. The van der Waals surface area contributed by atoms with E-state index in [1.807, 2.05) is 18.7 Å². The predicted molar refractivity (Wildman–Crippen MR) is 87.3 cm³/mol. The summed E-state index contributed by atoms with van der Waals surface area (Å²) in [5.74, 6) is 2.35. The molecule has 0 bridgehead atoms. The van der Waals surface area contributed by atoms with Gasteiger partial charge in [-0.2, -0.15) is 0 Å². The summed E-state index contributed by atoms with van der Waals surface area (Å²) in [4.78, 5) is 25.5. The first kappa shape index (κ1) is 15.5. The van der Waals surface area contributed by atoms with Gasteiger partial charge < -0.3 is 9.80 Å². The minimum atomic E-state index is 0.300. The molecule has 2 aliphatic rings. The van der Waals surface area contributed by atoms with Crippen molar-refractivity contribution in [1.82, 2.24) is 14.9 Å². The predicted octanol–water partition coefficient (Wildman–Crippen LogP) is 2.45. The number of rotatable bonds is 3. The average molecular weight is 323 g/mol. The molecular weight excluding hydrogens is 300 g/mol. The number of carbonyl (C=O) groups excluding carboxylic acids is 1. The minimum Gasteiger partial charge on any atom is -0.354 e. The van der Waals surface area contributed by atoms with E-state index in [2.05, 4.69) is 14.9 Å². The van der Waals surface area contributed by atoms with E-state index in [4.69, 9.17) is 11.6 Å². The van der Waals surface area contributed by atoms with Crippen LogP contribution in [0.2, 0.25) is 5.15 Å². The first-order valence-corrected chi connectivity index (χ1v) is 8.54. The molecule has 0 aromatic carbocycles. The van der Waals surface area contributed by atoms with Crippen LogP contribution in [0, 0.1) is 12.8 Å². The lowest BCUT2D eigenvalue weighted by Crippen LogP contribution is -2.36.